The summed E-state index contributed by atoms with van der Waals surface area (Å²) in [6.07, 6.45) is 39.2. The molecule has 0 aliphatic heterocycles. The van der Waals surface area contributed by atoms with Crippen molar-refractivity contribution in [1.29, 1.82) is 0 Å². The standard InChI is InChI=1S/C68H132O17P2/c1-9-61(8)47-39-31-26-27-33-41-49-66(71)79-55-64(85-68(73)51-43-35-25-19-22-30-38-46-60(6)7)57-83-87(76,77)81-53-62(69)52-80-86(74,75)82-56-63(54-78-65(70)48-40-32-24-18-21-29-37-45-59(4)5)84-67(72)50-42-34-23-17-15-13-11-10-12-14-16-20-28-36-44-58(2)3/h58-64,69H,9-57H2,1-8H3,(H,74,75)(H,76,77)/t61?,62-,63-,64-/m1/s1. The van der Waals surface area contributed by atoms with Crippen LogP contribution in [0.25, 0.3) is 0 Å². The lowest BCUT2D eigenvalue weighted by Gasteiger charge is -2.21. The predicted molar refractivity (Wildman–Crippen MR) is 349 cm³/mol. The Kier molecular flexibility index (Phi) is 56.6. The van der Waals surface area contributed by atoms with Gasteiger partial charge in [0.05, 0.1) is 26.4 Å². The van der Waals surface area contributed by atoms with Crippen molar-refractivity contribution >= 4 is 39.5 Å². The smallest absolute Gasteiger partial charge is 0.462 e. The lowest BCUT2D eigenvalue weighted by Crippen LogP contribution is -2.30. The van der Waals surface area contributed by atoms with Crippen molar-refractivity contribution in [3.05, 3.63) is 0 Å². The second kappa shape index (κ2) is 57.9. The predicted octanol–water partition coefficient (Wildman–Crippen LogP) is 18.9. The second-order valence-electron chi connectivity index (χ2n) is 26.2. The number of aliphatic hydroxyl groups excluding tert-OH is 1. The van der Waals surface area contributed by atoms with Crippen LogP contribution >= 0.6 is 15.6 Å². The molecular formula is C68H132O17P2. The summed E-state index contributed by atoms with van der Waals surface area (Å²) < 4.78 is 68.1. The Balaban J connectivity index is 5.22. The van der Waals surface area contributed by atoms with Crippen LogP contribution in [0.15, 0.2) is 0 Å². The van der Waals surface area contributed by atoms with E-state index in [-0.39, 0.29) is 25.7 Å². The maximum absolute atomic E-state index is 13.0. The minimum absolute atomic E-state index is 0.102. The van der Waals surface area contributed by atoms with E-state index in [1.165, 1.54) is 122 Å². The zero-order valence-electron chi connectivity index (χ0n) is 56.6. The molecule has 19 heteroatoms. The topological polar surface area (TPSA) is 237 Å². The molecule has 17 nitrogen and oxygen atoms in total. The van der Waals surface area contributed by atoms with E-state index in [1.807, 2.05) is 0 Å². The van der Waals surface area contributed by atoms with E-state index in [9.17, 15) is 43.2 Å². The number of phosphoric ester groups is 2. The summed E-state index contributed by atoms with van der Waals surface area (Å²) in [5, 5.41) is 10.6. The minimum atomic E-state index is -4.95. The van der Waals surface area contributed by atoms with Crippen molar-refractivity contribution < 1.29 is 80.2 Å². The molecule has 0 saturated carbocycles. The lowest BCUT2D eigenvalue weighted by atomic mass is 10.00. The van der Waals surface area contributed by atoms with Crippen molar-refractivity contribution in [3.63, 3.8) is 0 Å². The van der Waals surface area contributed by atoms with E-state index in [2.05, 4.69) is 55.4 Å². The highest BCUT2D eigenvalue weighted by Gasteiger charge is 2.30. The third-order valence-corrected chi connectivity index (χ3v) is 17.8. The van der Waals surface area contributed by atoms with Gasteiger partial charge in [0.1, 0.15) is 19.3 Å². The molecule has 0 heterocycles. The van der Waals surface area contributed by atoms with Crippen LogP contribution in [-0.4, -0.2) is 96.7 Å². The average molecular weight is 1280 g/mol. The molecule has 0 aromatic carbocycles. The zero-order valence-corrected chi connectivity index (χ0v) is 58.4. The van der Waals surface area contributed by atoms with Gasteiger partial charge in [-0.15, -0.1) is 0 Å². The van der Waals surface area contributed by atoms with Crippen LogP contribution in [0.2, 0.25) is 0 Å². The Hall–Kier alpha value is -1.94. The fraction of sp³-hybridized carbons (Fsp3) is 0.941. The van der Waals surface area contributed by atoms with Crippen LogP contribution < -0.4 is 0 Å². The molecule has 0 spiro atoms. The molecule has 0 saturated heterocycles. The monoisotopic (exact) mass is 1280 g/mol. The molecule has 0 radical (unpaired) electrons. The van der Waals surface area contributed by atoms with Crippen LogP contribution in [0, 0.1) is 23.7 Å². The van der Waals surface area contributed by atoms with Gasteiger partial charge in [-0.3, -0.25) is 37.3 Å². The molecule has 0 bridgehead atoms. The first-order chi connectivity index (χ1) is 41.6. The molecule has 3 unspecified atom stereocenters. The van der Waals surface area contributed by atoms with Crippen molar-refractivity contribution in [2.24, 2.45) is 23.7 Å². The van der Waals surface area contributed by atoms with Crippen LogP contribution in [0.3, 0.4) is 0 Å². The van der Waals surface area contributed by atoms with Gasteiger partial charge >= 0.3 is 39.5 Å². The third kappa shape index (κ3) is 61.3. The molecule has 6 atom stereocenters. The van der Waals surface area contributed by atoms with Gasteiger partial charge in [-0.05, 0) is 49.4 Å². The largest absolute Gasteiger partial charge is 0.472 e. The number of hydrogen-bond acceptors (Lipinski definition) is 15. The number of phosphoric acid groups is 2. The number of ether oxygens (including phenoxy) is 4. The number of rotatable bonds is 65. The van der Waals surface area contributed by atoms with E-state index in [0.717, 1.165) is 115 Å². The summed E-state index contributed by atoms with van der Waals surface area (Å²) in [7, 11) is -9.90. The average Bonchev–Trinajstić information content (AvgIpc) is 3.68. The lowest BCUT2D eigenvalue weighted by molar-refractivity contribution is -0.161. The van der Waals surface area contributed by atoms with Gasteiger partial charge in [0.15, 0.2) is 12.2 Å². The van der Waals surface area contributed by atoms with E-state index < -0.39 is 97.5 Å². The maximum Gasteiger partial charge on any atom is 0.472 e. The fourth-order valence-electron chi connectivity index (χ4n) is 10.1. The van der Waals surface area contributed by atoms with Gasteiger partial charge < -0.3 is 33.8 Å². The summed E-state index contributed by atoms with van der Waals surface area (Å²) in [6, 6.07) is 0. The molecule has 0 aromatic rings. The number of carbonyl (C=O) groups is 4. The molecule has 0 aliphatic carbocycles. The number of aliphatic hydroxyl groups is 1. The Morgan fingerprint density at radius 3 is 0.816 bits per heavy atom. The van der Waals surface area contributed by atoms with E-state index in [0.29, 0.717) is 37.5 Å². The molecular weight excluding hydrogens is 1150 g/mol. The summed E-state index contributed by atoms with van der Waals surface area (Å²) in [5.41, 5.74) is 0. The Morgan fingerprint density at radius 1 is 0.322 bits per heavy atom. The molecule has 0 amide bonds. The van der Waals surface area contributed by atoms with Crippen LogP contribution in [-0.2, 0) is 65.4 Å². The molecule has 516 valence electrons. The summed E-state index contributed by atoms with van der Waals surface area (Å²) in [5.74, 6) is 0.791. The van der Waals surface area contributed by atoms with Crippen LogP contribution in [0.5, 0.6) is 0 Å². The first kappa shape index (κ1) is 85.1. The molecule has 3 N–H and O–H groups in total. The summed E-state index contributed by atoms with van der Waals surface area (Å²) >= 11 is 0. The number of unbranched alkanes of at least 4 members (excludes halogenated alkanes) is 30. The van der Waals surface area contributed by atoms with Gasteiger partial charge in [0, 0.05) is 25.7 Å². The molecule has 0 fully saturated rings. The maximum atomic E-state index is 13.0. The summed E-state index contributed by atoms with van der Waals surface area (Å²) in [6.45, 7) is 14.0. The van der Waals surface area contributed by atoms with Gasteiger partial charge in [-0.1, -0.05) is 280 Å². The molecule has 0 rings (SSSR count). The molecule has 0 aliphatic rings. The SMILES string of the molecule is CCC(C)CCCCCCCCC(=O)OC[C@H](COP(=O)(O)OC[C@H](O)COP(=O)(O)OC[C@@H](COC(=O)CCCCCCCCCC(C)C)OC(=O)CCCCCCCCCCCCCCCCC(C)C)OC(=O)CCCCCCCCCC(C)C. The highest BCUT2D eigenvalue weighted by molar-refractivity contribution is 7.47. The minimum Gasteiger partial charge on any atom is -0.462 e. The quantitative estimate of drug-likeness (QED) is 0.0222. The van der Waals surface area contributed by atoms with Gasteiger partial charge in [-0.25, -0.2) is 9.13 Å². The molecule has 0 aromatic heterocycles. The molecule has 87 heavy (non-hydrogen) atoms. The Labute approximate surface area is 530 Å². The van der Waals surface area contributed by atoms with Gasteiger partial charge in [-0.2, -0.15) is 0 Å². The number of hydrogen-bond donors (Lipinski definition) is 3. The van der Waals surface area contributed by atoms with Gasteiger partial charge in [0.2, 0.25) is 0 Å². The van der Waals surface area contributed by atoms with Crippen LogP contribution in [0.4, 0.5) is 0 Å². The summed E-state index contributed by atoms with van der Waals surface area (Å²) in [4.78, 5) is 72.4. The second-order valence-corrected chi connectivity index (χ2v) is 29.1. The Morgan fingerprint density at radius 2 is 0.552 bits per heavy atom. The van der Waals surface area contributed by atoms with Crippen molar-refractivity contribution in [1.82, 2.24) is 0 Å². The highest BCUT2D eigenvalue weighted by Crippen LogP contribution is 2.45. The number of carbonyl (C=O) groups excluding carboxylic acids is 4. The fourth-order valence-corrected chi connectivity index (χ4v) is 11.7. The number of esters is 4. The normalized spacial score (nSPS) is 14.6. The zero-order chi connectivity index (χ0) is 64.7. The first-order valence-corrected chi connectivity index (χ1v) is 38.2. The van der Waals surface area contributed by atoms with Crippen molar-refractivity contribution in [2.75, 3.05) is 39.6 Å². The first-order valence-electron chi connectivity index (χ1n) is 35.2. The van der Waals surface area contributed by atoms with Crippen molar-refractivity contribution in [3.8, 4) is 0 Å². The van der Waals surface area contributed by atoms with E-state index >= 15 is 0 Å². The van der Waals surface area contributed by atoms with Crippen LogP contribution in [0.1, 0.15) is 331 Å². The highest BCUT2D eigenvalue weighted by atomic mass is 31.2. The Bertz CT molecular complexity index is 1730. The van der Waals surface area contributed by atoms with Gasteiger partial charge in [0.25, 0.3) is 0 Å². The van der Waals surface area contributed by atoms with E-state index in [4.69, 9.17) is 37.0 Å². The van der Waals surface area contributed by atoms with E-state index in [1.54, 1.807) is 0 Å². The van der Waals surface area contributed by atoms with Crippen molar-refractivity contribution in [2.45, 2.75) is 350 Å². The third-order valence-electron chi connectivity index (χ3n) is 15.9.